The van der Waals surface area contributed by atoms with Gasteiger partial charge in [-0.3, -0.25) is 9.78 Å². The lowest BCUT2D eigenvalue weighted by molar-refractivity contribution is -0.137. The Bertz CT molecular complexity index is 453. The van der Waals surface area contributed by atoms with Gasteiger partial charge in [-0.1, -0.05) is 6.07 Å². The maximum absolute atomic E-state index is 12.2. The number of hydrogen-bond acceptors (Lipinski definition) is 4. The Morgan fingerprint density at radius 1 is 1.33 bits per heavy atom. The van der Waals surface area contributed by atoms with Crippen molar-refractivity contribution < 1.29 is 19.4 Å². The molecular weight excluding hydrogens is 274 g/mol. The maximum Gasteiger partial charge on any atom is 0.323 e. The topological polar surface area (TPSA) is 83.0 Å². The summed E-state index contributed by atoms with van der Waals surface area (Å²) in [6.45, 7) is 0.678. The van der Waals surface area contributed by atoms with E-state index in [9.17, 15) is 9.59 Å². The fraction of sp³-hybridized carbons (Fsp3) is 0.500. The van der Waals surface area contributed by atoms with E-state index in [0.29, 0.717) is 19.6 Å². The van der Waals surface area contributed by atoms with Gasteiger partial charge in [0.1, 0.15) is 6.54 Å². The Morgan fingerprint density at radius 2 is 2.10 bits per heavy atom. The minimum absolute atomic E-state index is 0.246. The molecule has 7 heteroatoms. The maximum atomic E-state index is 12.2. The van der Waals surface area contributed by atoms with E-state index in [2.05, 4.69) is 4.98 Å². The van der Waals surface area contributed by atoms with Crippen molar-refractivity contribution in [3.05, 3.63) is 30.1 Å². The number of nitrogens with zero attached hydrogens (tertiary/aromatic N) is 3. The van der Waals surface area contributed by atoms with Crippen molar-refractivity contribution in [3.8, 4) is 0 Å². The number of pyridine rings is 1. The third kappa shape index (κ3) is 6.22. The summed E-state index contributed by atoms with van der Waals surface area (Å²) < 4.78 is 4.90. The normalized spacial score (nSPS) is 10.2. The molecule has 0 unspecified atom stereocenters. The number of carboxylic acids is 1. The third-order valence-corrected chi connectivity index (χ3v) is 2.92. The monoisotopic (exact) mass is 295 g/mol. The zero-order valence-electron chi connectivity index (χ0n) is 12.4. The number of urea groups is 1. The van der Waals surface area contributed by atoms with Crippen LogP contribution in [-0.4, -0.2) is 72.3 Å². The van der Waals surface area contributed by atoms with Crippen LogP contribution in [0.4, 0.5) is 4.79 Å². The van der Waals surface area contributed by atoms with Crippen molar-refractivity contribution in [1.29, 1.82) is 0 Å². The molecule has 0 aromatic carbocycles. The summed E-state index contributed by atoms with van der Waals surface area (Å²) in [5.74, 6) is -1.04. The molecule has 0 fully saturated rings. The molecule has 0 aliphatic carbocycles. The van der Waals surface area contributed by atoms with Crippen molar-refractivity contribution in [2.45, 2.75) is 6.42 Å². The molecule has 1 rings (SSSR count). The van der Waals surface area contributed by atoms with Gasteiger partial charge in [0, 0.05) is 45.6 Å². The van der Waals surface area contributed by atoms with E-state index in [1.165, 1.54) is 16.9 Å². The summed E-state index contributed by atoms with van der Waals surface area (Å²) in [6, 6.07) is 5.28. The minimum atomic E-state index is -1.04. The van der Waals surface area contributed by atoms with Crippen molar-refractivity contribution in [3.63, 3.8) is 0 Å². The van der Waals surface area contributed by atoms with E-state index in [0.717, 1.165) is 5.69 Å². The Balaban J connectivity index is 2.54. The quantitative estimate of drug-likeness (QED) is 0.763. The van der Waals surface area contributed by atoms with Crippen LogP contribution in [-0.2, 0) is 16.0 Å². The highest BCUT2D eigenvalue weighted by Gasteiger charge is 2.20. The molecule has 7 nitrogen and oxygen atoms in total. The first-order valence-corrected chi connectivity index (χ1v) is 6.65. The van der Waals surface area contributed by atoms with Gasteiger partial charge < -0.3 is 19.6 Å². The molecule has 0 aliphatic rings. The summed E-state index contributed by atoms with van der Waals surface area (Å²) in [4.78, 5) is 30.0. The van der Waals surface area contributed by atoms with Gasteiger partial charge in [-0.05, 0) is 12.1 Å². The number of methoxy groups -OCH3 is 1. The summed E-state index contributed by atoms with van der Waals surface area (Å²) >= 11 is 0. The van der Waals surface area contributed by atoms with E-state index in [1.54, 1.807) is 13.2 Å². The molecule has 0 saturated carbocycles. The second-order valence-electron chi connectivity index (χ2n) is 4.58. The lowest BCUT2D eigenvalue weighted by atomic mass is 10.2. The smallest absolute Gasteiger partial charge is 0.323 e. The number of carbonyl (C=O) groups is 2. The standard InChI is InChI=1S/C14H21N3O4/c1-16(8-6-12-5-3-4-7-15-12)14(20)17(9-10-21-2)11-13(18)19/h3-5,7H,6,8-11H2,1-2H3,(H,18,19). The predicted molar refractivity (Wildman–Crippen MR) is 77.1 cm³/mol. The number of hydrogen-bond donors (Lipinski definition) is 1. The van der Waals surface area contributed by atoms with Crippen LogP contribution in [0.5, 0.6) is 0 Å². The fourth-order valence-electron chi connectivity index (χ4n) is 1.77. The van der Waals surface area contributed by atoms with Crippen LogP contribution in [0.2, 0.25) is 0 Å². The van der Waals surface area contributed by atoms with Crippen LogP contribution in [0.3, 0.4) is 0 Å². The Hall–Kier alpha value is -2.15. The third-order valence-electron chi connectivity index (χ3n) is 2.92. The lowest BCUT2D eigenvalue weighted by Crippen LogP contribution is -2.45. The lowest BCUT2D eigenvalue weighted by Gasteiger charge is -2.26. The number of aliphatic carboxylic acids is 1. The molecule has 21 heavy (non-hydrogen) atoms. The zero-order chi connectivity index (χ0) is 15.7. The molecule has 1 aromatic rings. The summed E-state index contributed by atoms with van der Waals surface area (Å²) in [5, 5.41) is 8.86. The molecule has 116 valence electrons. The largest absolute Gasteiger partial charge is 0.480 e. The Morgan fingerprint density at radius 3 is 2.67 bits per heavy atom. The van der Waals surface area contributed by atoms with E-state index in [-0.39, 0.29) is 19.1 Å². The first-order valence-electron chi connectivity index (χ1n) is 6.65. The predicted octanol–water partition coefficient (Wildman–Crippen LogP) is 0.709. The number of likely N-dealkylation sites (N-methyl/N-ethyl adjacent to an activating group) is 1. The van der Waals surface area contributed by atoms with Gasteiger partial charge in [0.25, 0.3) is 0 Å². The van der Waals surface area contributed by atoms with Gasteiger partial charge in [-0.25, -0.2) is 4.79 Å². The second kappa shape index (κ2) is 8.91. The first kappa shape index (κ1) is 16.9. The summed E-state index contributed by atoms with van der Waals surface area (Å²) in [5.41, 5.74) is 0.888. The average molecular weight is 295 g/mol. The van der Waals surface area contributed by atoms with Crippen LogP contribution in [0, 0.1) is 0 Å². The van der Waals surface area contributed by atoms with E-state index in [1.807, 2.05) is 18.2 Å². The molecule has 0 spiro atoms. The molecule has 0 atom stereocenters. The SMILES string of the molecule is COCCN(CC(=O)O)C(=O)N(C)CCc1ccccn1. The summed E-state index contributed by atoms with van der Waals surface area (Å²) in [7, 11) is 3.15. The molecular formula is C14H21N3O4. The van der Waals surface area contributed by atoms with Gasteiger partial charge in [-0.2, -0.15) is 0 Å². The van der Waals surface area contributed by atoms with Crippen molar-refractivity contribution in [2.24, 2.45) is 0 Å². The van der Waals surface area contributed by atoms with Crippen LogP contribution in [0.25, 0.3) is 0 Å². The van der Waals surface area contributed by atoms with Crippen LogP contribution >= 0.6 is 0 Å². The Kier molecular flexibility index (Phi) is 7.17. The highest BCUT2D eigenvalue weighted by Crippen LogP contribution is 2.01. The molecule has 0 bridgehead atoms. The number of carboxylic acid groups (broad SMARTS) is 1. The molecule has 1 heterocycles. The summed E-state index contributed by atoms with van der Waals surface area (Å²) in [6.07, 6.45) is 2.32. The molecule has 1 N–H and O–H groups in total. The molecule has 2 amide bonds. The minimum Gasteiger partial charge on any atom is -0.480 e. The number of aromatic nitrogens is 1. The molecule has 0 aliphatic heterocycles. The average Bonchev–Trinajstić information content (AvgIpc) is 2.49. The highest BCUT2D eigenvalue weighted by atomic mass is 16.5. The van der Waals surface area contributed by atoms with Gasteiger partial charge in [0.05, 0.1) is 6.61 Å². The van der Waals surface area contributed by atoms with E-state index in [4.69, 9.17) is 9.84 Å². The zero-order valence-corrected chi connectivity index (χ0v) is 12.4. The van der Waals surface area contributed by atoms with Crippen LogP contribution in [0.1, 0.15) is 5.69 Å². The number of ether oxygens (including phenoxy) is 1. The molecule has 0 saturated heterocycles. The fourth-order valence-corrected chi connectivity index (χ4v) is 1.77. The van der Waals surface area contributed by atoms with Gasteiger partial charge in [0.2, 0.25) is 0 Å². The number of rotatable bonds is 8. The van der Waals surface area contributed by atoms with Crippen LogP contribution in [0.15, 0.2) is 24.4 Å². The van der Waals surface area contributed by atoms with Crippen molar-refractivity contribution >= 4 is 12.0 Å². The number of carbonyl (C=O) groups excluding carboxylic acids is 1. The first-order chi connectivity index (χ1) is 10.0. The van der Waals surface area contributed by atoms with Gasteiger partial charge in [0.15, 0.2) is 0 Å². The van der Waals surface area contributed by atoms with Gasteiger partial charge >= 0.3 is 12.0 Å². The Labute approximate surface area is 124 Å². The number of amides is 2. The second-order valence-corrected chi connectivity index (χ2v) is 4.58. The van der Waals surface area contributed by atoms with Crippen molar-refractivity contribution in [1.82, 2.24) is 14.8 Å². The van der Waals surface area contributed by atoms with E-state index < -0.39 is 5.97 Å². The highest BCUT2D eigenvalue weighted by molar-refractivity contribution is 5.80. The van der Waals surface area contributed by atoms with Crippen molar-refractivity contribution in [2.75, 3.05) is 40.4 Å². The molecule has 1 aromatic heterocycles. The van der Waals surface area contributed by atoms with E-state index >= 15 is 0 Å². The van der Waals surface area contributed by atoms with Gasteiger partial charge in [-0.15, -0.1) is 0 Å². The molecule has 0 radical (unpaired) electrons. The van der Waals surface area contributed by atoms with Crippen LogP contribution < -0.4 is 0 Å².